The van der Waals surface area contributed by atoms with Crippen molar-refractivity contribution in [1.82, 2.24) is 5.32 Å². The molecule has 2 aromatic rings. The highest BCUT2D eigenvalue weighted by molar-refractivity contribution is 5.99. The number of carbonyl (C=O) groups excluding carboxylic acids is 1. The van der Waals surface area contributed by atoms with Crippen LogP contribution in [0.2, 0.25) is 0 Å². The molecule has 3 N–H and O–H groups in total. The van der Waals surface area contributed by atoms with Crippen LogP contribution in [-0.2, 0) is 6.42 Å². The SMILES string of the molecule is Nc1ccccc1C(=O)NCCCc1ccc2c(c1)OCO2. The van der Waals surface area contributed by atoms with Crippen molar-refractivity contribution >= 4 is 11.6 Å². The lowest BCUT2D eigenvalue weighted by molar-refractivity contribution is 0.0954. The van der Waals surface area contributed by atoms with Gasteiger partial charge in [0, 0.05) is 12.2 Å². The average molecular weight is 298 g/mol. The van der Waals surface area contributed by atoms with Gasteiger partial charge >= 0.3 is 0 Å². The number of amides is 1. The van der Waals surface area contributed by atoms with Gasteiger partial charge in [0.05, 0.1) is 5.56 Å². The highest BCUT2D eigenvalue weighted by Gasteiger charge is 2.13. The largest absolute Gasteiger partial charge is 0.454 e. The van der Waals surface area contributed by atoms with E-state index in [0.29, 0.717) is 17.8 Å². The van der Waals surface area contributed by atoms with Crippen LogP contribution in [0.5, 0.6) is 11.5 Å². The number of aryl methyl sites for hydroxylation is 1. The second-order valence-corrected chi connectivity index (χ2v) is 5.13. The number of benzene rings is 2. The highest BCUT2D eigenvalue weighted by atomic mass is 16.7. The number of hydrogen-bond donors (Lipinski definition) is 2. The number of anilines is 1. The van der Waals surface area contributed by atoms with Crippen LogP contribution in [0.4, 0.5) is 5.69 Å². The smallest absolute Gasteiger partial charge is 0.253 e. The number of fused-ring (bicyclic) bond motifs is 1. The van der Waals surface area contributed by atoms with Crippen LogP contribution in [0.3, 0.4) is 0 Å². The number of hydrogen-bond acceptors (Lipinski definition) is 4. The predicted molar refractivity (Wildman–Crippen MR) is 84.1 cm³/mol. The van der Waals surface area contributed by atoms with Crippen LogP contribution in [0.15, 0.2) is 42.5 Å². The van der Waals surface area contributed by atoms with Crippen molar-refractivity contribution in [3.63, 3.8) is 0 Å². The summed E-state index contributed by atoms with van der Waals surface area (Å²) in [4.78, 5) is 12.0. The van der Waals surface area contributed by atoms with Crippen LogP contribution >= 0.6 is 0 Å². The normalized spacial score (nSPS) is 12.2. The lowest BCUT2D eigenvalue weighted by Gasteiger charge is -2.07. The summed E-state index contributed by atoms with van der Waals surface area (Å²) in [7, 11) is 0. The first-order valence-electron chi connectivity index (χ1n) is 7.25. The first kappa shape index (κ1) is 14.3. The van der Waals surface area contributed by atoms with Gasteiger partial charge in [-0.25, -0.2) is 0 Å². The van der Waals surface area contributed by atoms with Gasteiger partial charge in [0.25, 0.3) is 5.91 Å². The van der Waals surface area contributed by atoms with Gasteiger partial charge in [-0.05, 0) is 42.7 Å². The summed E-state index contributed by atoms with van der Waals surface area (Å²) < 4.78 is 10.6. The van der Waals surface area contributed by atoms with Crippen LogP contribution in [-0.4, -0.2) is 19.2 Å². The second kappa shape index (κ2) is 6.39. The molecule has 5 nitrogen and oxygen atoms in total. The van der Waals surface area contributed by atoms with Crippen molar-refractivity contribution in [3.05, 3.63) is 53.6 Å². The Labute approximate surface area is 129 Å². The molecule has 0 bridgehead atoms. The van der Waals surface area contributed by atoms with E-state index >= 15 is 0 Å². The molecule has 0 unspecified atom stereocenters. The van der Waals surface area contributed by atoms with Crippen molar-refractivity contribution in [2.24, 2.45) is 0 Å². The molecule has 0 aliphatic carbocycles. The molecular weight excluding hydrogens is 280 g/mol. The van der Waals surface area contributed by atoms with E-state index < -0.39 is 0 Å². The molecule has 22 heavy (non-hydrogen) atoms. The molecule has 0 saturated carbocycles. The summed E-state index contributed by atoms with van der Waals surface area (Å²) in [6.45, 7) is 0.884. The maximum absolute atomic E-state index is 12.0. The van der Waals surface area contributed by atoms with Gasteiger partial charge in [0.2, 0.25) is 6.79 Å². The predicted octanol–water partition coefficient (Wildman–Crippen LogP) is 2.36. The molecule has 0 radical (unpaired) electrons. The van der Waals surface area contributed by atoms with Crippen molar-refractivity contribution in [2.75, 3.05) is 19.1 Å². The molecule has 1 aliphatic heterocycles. The molecule has 114 valence electrons. The number of nitrogens with one attached hydrogen (secondary N) is 1. The molecule has 1 amide bonds. The Balaban J connectivity index is 1.48. The highest BCUT2D eigenvalue weighted by Crippen LogP contribution is 2.32. The number of ether oxygens (including phenoxy) is 2. The molecule has 1 heterocycles. The minimum absolute atomic E-state index is 0.135. The van der Waals surface area contributed by atoms with E-state index in [1.807, 2.05) is 24.3 Å². The maximum atomic E-state index is 12.0. The van der Waals surface area contributed by atoms with E-state index in [0.717, 1.165) is 29.9 Å². The standard InChI is InChI=1S/C17H18N2O3/c18-14-6-2-1-5-13(14)17(20)19-9-3-4-12-7-8-15-16(10-12)22-11-21-15/h1-2,5-8,10H,3-4,9,11,18H2,(H,19,20). The van der Waals surface area contributed by atoms with Gasteiger partial charge in [-0.3, -0.25) is 4.79 Å². The van der Waals surface area contributed by atoms with Gasteiger partial charge in [0.15, 0.2) is 11.5 Å². The second-order valence-electron chi connectivity index (χ2n) is 5.13. The van der Waals surface area contributed by atoms with Crippen molar-refractivity contribution in [3.8, 4) is 11.5 Å². The summed E-state index contributed by atoms with van der Waals surface area (Å²) in [5.41, 5.74) is 7.96. The zero-order valence-electron chi connectivity index (χ0n) is 12.2. The molecule has 0 aromatic heterocycles. The number of nitrogen functional groups attached to an aromatic ring is 1. The molecule has 0 atom stereocenters. The minimum Gasteiger partial charge on any atom is -0.454 e. The Bertz CT molecular complexity index is 685. The first-order chi connectivity index (χ1) is 10.7. The maximum Gasteiger partial charge on any atom is 0.253 e. The Kier molecular flexibility index (Phi) is 4.14. The van der Waals surface area contributed by atoms with Crippen molar-refractivity contribution < 1.29 is 14.3 Å². The Morgan fingerprint density at radius 1 is 1.14 bits per heavy atom. The molecule has 0 fully saturated rings. The molecule has 0 saturated heterocycles. The lowest BCUT2D eigenvalue weighted by atomic mass is 10.1. The summed E-state index contributed by atoms with van der Waals surface area (Å²) in [5, 5.41) is 2.89. The van der Waals surface area contributed by atoms with Crippen LogP contribution in [0.25, 0.3) is 0 Å². The van der Waals surface area contributed by atoms with Gasteiger partial charge in [-0.1, -0.05) is 18.2 Å². The Hall–Kier alpha value is -2.69. The van der Waals surface area contributed by atoms with E-state index in [4.69, 9.17) is 15.2 Å². The summed E-state index contributed by atoms with van der Waals surface area (Å²) >= 11 is 0. The molecule has 3 rings (SSSR count). The Morgan fingerprint density at radius 2 is 1.95 bits per heavy atom. The fourth-order valence-electron chi connectivity index (χ4n) is 2.39. The van der Waals surface area contributed by atoms with Gasteiger partial charge in [0.1, 0.15) is 0 Å². The van der Waals surface area contributed by atoms with E-state index in [9.17, 15) is 4.79 Å². The summed E-state index contributed by atoms with van der Waals surface area (Å²) in [5.74, 6) is 1.44. The first-order valence-corrected chi connectivity index (χ1v) is 7.25. The lowest BCUT2D eigenvalue weighted by Crippen LogP contribution is -2.25. The molecule has 1 aliphatic rings. The zero-order valence-corrected chi connectivity index (χ0v) is 12.2. The zero-order chi connectivity index (χ0) is 15.4. The number of carbonyl (C=O) groups is 1. The van der Waals surface area contributed by atoms with Crippen LogP contribution in [0, 0.1) is 0 Å². The molecule has 2 aromatic carbocycles. The van der Waals surface area contributed by atoms with Crippen LogP contribution in [0.1, 0.15) is 22.3 Å². The van der Waals surface area contributed by atoms with Gasteiger partial charge in [-0.15, -0.1) is 0 Å². The quantitative estimate of drug-likeness (QED) is 0.656. The van der Waals surface area contributed by atoms with Crippen molar-refractivity contribution in [2.45, 2.75) is 12.8 Å². The average Bonchev–Trinajstić information content (AvgIpc) is 2.99. The fraction of sp³-hybridized carbons (Fsp3) is 0.235. The number of rotatable bonds is 5. The minimum atomic E-state index is -0.135. The number of nitrogens with two attached hydrogens (primary N) is 1. The molecule has 5 heteroatoms. The Morgan fingerprint density at radius 3 is 2.82 bits per heavy atom. The summed E-state index contributed by atoms with van der Waals surface area (Å²) in [6.07, 6.45) is 1.71. The third-order valence-corrected chi connectivity index (χ3v) is 3.57. The van der Waals surface area contributed by atoms with Crippen molar-refractivity contribution in [1.29, 1.82) is 0 Å². The third-order valence-electron chi connectivity index (χ3n) is 3.57. The van der Waals surface area contributed by atoms with E-state index in [1.165, 1.54) is 0 Å². The van der Waals surface area contributed by atoms with Crippen LogP contribution < -0.4 is 20.5 Å². The van der Waals surface area contributed by atoms with E-state index in [-0.39, 0.29) is 12.7 Å². The molecule has 0 spiro atoms. The van der Waals surface area contributed by atoms with Gasteiger partial charge in [-0.2, -0.15) is 0 Å². The summed E-state index contributed by atoms with van der Waals surface area (Å²) in [6, 6.07) is 13.0. The van der Waals surface area contributed by atoms with Gasteiger partial charge < -0.3 is 20.5 Å². The fourth-order valence-corrected chi connectivity index (χ4v) is 2.39. The topological polar surface area (TPSA) is 73.6 Å². The van der Waals surface area contributed by atoms with E-state index in [1.54, 1.807) is 18.2 Å². The molecular formula is C17H18N2O3. The van der Waals surface area contributed by atoms with E-state index in [2.05, 4.69) is 5.32 Å². The third kappa shape index (κ3) is 3.14. The number of para-hydroxylation sites is 1. The monoisotopic (exact) mass is 298 g/mol.